The van der Waals surface area contributed by atoms with Gasteiger partial charge in [0.05, 0.1) is 0 Å². The predicted molar refractivity (Wildman–Crippen MR) is 33.6 cm³/mol. The number of phosphoric acid groups is 1. The largest absolute Gasteiger partial charge is 0.477 e. The first-order valence-corrected chi connectivity index (χ1v) is 4.23. The van der Waals surface area contributed by atoms with Crippen molar-refractivity contribution in [2.75, 3.05) is 14.2 Å². The van der Waals surface area contributed by atoms with Crippen LogP contribution in [0.4, 0.5) is 13.2 Å². The number of halogens is 3. The molecule has 0 saturated carbocycles. The third kappa shape index (κ3) is 3.53. The van der Waals surface area contributed by atoms with Crippen LogP contribution in [-0.2, 0) is 18.1 Å². The van der Waals surface area contributed by atoms with E-state index in [1.165, 1.54) is 0 Å². The van der Waals surface area contributed by atoms with Gasteiger partial charge in [0.15, 0.2) is 0 Å². The van der Waals surface area contributed by atoms with Crippen LogP contribution < -0.4 is 0 Å². The molecule has 12 heavy (non-hydrogen) atoms. The number of hydrogen-bond donors (Lipinski definition) is 0. The molecule has 0 aromatic heterocycles. The topological polar surface area (TPSA) is 44.8 Å². The molecule has 0 aliphatic carbocycles. The zero-order chi connectivity index (χ0) is 9.78. The van der Waals surface area contributed by atoms with Gasteiger partial charge in [0.25, 0.3) is 12.8 Å². The Labute approximate surface area is 67.2 Å². The highest BCUT2D eigenvalue weighted by Crippen LogP contribution is 2.49. The molecule has 1 unspecified atom stereocenters. The Morgan fingerprint density at radius 1 is 1.17 bits per heavy atom. The molecule has 0 N–H and O–H groups in total. The maximum atomic E-state index is 12.1. The van der Waals surface area contributed by atoms with E-state index in [9.17, 15) is 17.7 Å². The van der Waals surface area contributed by atoms with Gasteiger partial charge in [-0.15, -0.1) is 0 Å². The summed E-state index contributed by atoms with van der Waals surface area (Å²) in [6, 6.07) is 0. The summed E-state index contributed by atoms with van der Waals surface area (Å²) in [4.78, 5) is 0. The quantitative estimate of drug-likeness (QED) is 0.648. The van der Waals surface area contributed by atoms with Gasteiger partial charge in [-0.05, 0) is 0 Å². The van der Waals surface area contributed by atoms with Crippen LogP contribution in [0.2, 0.25) is 0 Å². The van der Waals surface area contributed by atoms with Crippen LogP contribution >= 0.6 is 7.82 Å². The van der Waals surface area contributed by atoms with Crippen LogP contribution in [0.15, 0.2) is 0 Å². The second-order valence-electron chi connectivity index (χ2n) is 1.60. The Kier molecular flexibility index (Phi) is 4.77. The van der Waals surface area contributed by atoms with E-state index in [-0.39, 0.29) is 0 Å². The van der Waals surface area contributed by atoms with E-state index < -0.39 is 20.6 Å². The third-order valence-corrected chi connectivity index (χ3v) is 2.23. The second-order valence-corrected chi connectivity index (χ2v) is 3.44. The molecular weight excluding hydrogens is 200 g/mol. The first kappa shape index (κ1) is 11.9. The van der Waals surface area contributed by atoms with E-state index in [2.05, 4.69) is 13.6 Å². The Bertz CT molecular complexity index is 168. The van der Waals surface area contributed by atoms with Crippen molar-refractivity contribution in [3.8, 4) is 0 Å². The third-order valence-electron chi connectivity index (χ3n) is 0.875. The zero-order valence-electron chi connectivity index (χ0n) is 6.37. The lowest BCUT2D eigenvalue weighted by Crippen LogP contribution is -2.15. The molecule has 0 fully saturated rings. The van der Waals surface area contributed by atoms with Gasteiger partial charge in [-0.1, -0.05) is 0 Å². The minimum absolute atomic E-state index is 0.891. The van der Waals surface area contributed by atoms with Gasteiger partial charge in [0, 0.05) is 14.2 Å². The standard InChI is InChI=1S/C4H8F3O4P/c1-9-12(8,10-2)11-4(7)3(5)6/h3-4H,1-2H3. The van der Waals surface area contributed by atoms with Crippen LogP contribution in [0.1, 0.15) is 0 Å². The number of phosphoric ester groups is 1. The first-order valence-electron chi connectivity index (χ1n) is 2.77. The molecule has 0 radical (unpaired) electrons. The van der Waals surface area contributed by atoms with E-state index in [0.29, 0.717) is 0 Å². The van der Waals surface area contributed by atoms with Crippen molar-refractivity contribution in [1.82, 2.24) is 0 Å². The minimum Gasteiger partial charge on any atom is -0.290 e. The predicted octanol–water partition coefficient (Wildman–Crippen LogP) is 1.96. The highest BCUT2D eigenvalue weighted by Gasteiger charge is 2.33. The van der Waals surface area contributed by atoms with Gasteiger partial charge in [-0.25, -0.2) is 22.3 Å². The van der Waals surface area contributed by atoms with Gasteiger partial charge < -0.3 is 0 Å². The van der Waals surface area contributed by atoms with Crippen molar-refractivity contribution in [3.63, 3.8) is 0 Å². The average molecular weight is 208 g/mol. The van der Waals surface area contributed by atoms with Crippen LogP contribution in [0.25, 0.3) is 0 Å². The molecule has 0 aliphatic heterocycles. The Hall–Kier alpha value is -0.100. The first-order chi connectivity index (χ1) is 5.45. The molecule has 0 bridgehead atoms. The van der Waals surface area contributed by atoms with Crippen LogP contribution in [0.5, 0.6) is 0 Å². The molecule has 0 rings (SSSR count). The Morgan fingerprint density at radius 3 is 1.83 bits per heavy atom. The lowest BCUT2D eigenvalue weighted by Gasteiger charge is -2.15. The van der Waals surface area contributed by atoms with Gasteiger partial charge in [0.2, 0.25) is 0 Å². The maximum Gasteiger partial charge on any atom is 0.477 e. The number of rotatable bonds is 5. The highest BCUT2D eigenvalue weighted by molar-refractivity contribution is 7.48. The van der Waals surface area contributed by atoms with E-state index >= 15 is 0 Å². The fourth-order valence-electron chi connectivity index (χ4n) is 0.330. The highest BCUT2D eigenvalue weighted by atomic mass is 31.2. The normalized spacial score (nSPS) is 15.2. The van der Waals surface area contributed by atoms with Crippen LogP contribution in [0.3, 0.4) is 0 Å². The van der Waals surface area contributed by atoms with Gasteiger partial charge in [-0.2, -0.15) is 0 Å². The molecule has 1 atom stereocenters. The molecule has 0 heterocycles. The lowest BCUT2D eigenvalue weighted by atomic mass is 10.7. The second kappa shape index (κ2) is 4.81. The molecule has 0 aromatic carbocycles. The molecule has 0 aliphatic rings. The summed E-state index contributed by atoms with van der Waals surface area (Å²) in [5, 5.41) is 0. The molecule has 74 valence electrons. The van der Waals surface area contributed by atoms with Crippen LogP contribution in [0, 0.1) is 0 Å². The molecule has 0 aromatic rings. The molecule has 4 nitrogen and oxygen atoms in total. The van der Waals surface area contributed by atoms with Gasteiger partial charge in [0.1, 0.15) is 0 Å². The molecule has 0 spiro atoms. The summed E-state index contributed by atoms with van der Waals surface area (Å²) >= 11 is 0. The van der Waals surface area contributed by atoms with E-state index in [0.717, 1.165) is 14.2 Å². The summed E-state index contributed by atoms with van der Waals surface area (Å²) in [5.74, 6) is 0. The van der Waals surface area contributed by atoms with E-state index in [4.69, 9.17) is 0 Å². The fourth-order valence-corrected chi connectivity index (χ4v) is 0.990. The Balaban J connectivity index is 4.12. The summed E-state index contributed by atoms with van der Waals surface area (Å²) in [7, 11) is -2.36. The van der Waals surface area contributed by atoms with Crippen molar-refractivity contribution >= 4 is 7.82 Å². The Morgan fingerprint density at radius 2 is 1.58 bits per heavy atom. The van der Waals surface area contributed by atoms with E-state index in [1.54, 1.807) is 0 Å². The van der Waals surface area contributed by atoms with Crippen LogP contribution in [-0.4, -0.2) is 27.0 Å². The minimum atomic E-state index is -4.15. The lowest BCUT2D eigenvalue weighted by molar-refractivity contribution is -0.0828. The number of alkyl halides is 3. The van der Waals surface area contributed by atoms with Crippen molar-refractivity contribution in [2.24, 2.45) is 0 Å². The van der Waals surface area contributed by atoms with Crippen molar-refractivity contribution < 1.29 is 31.3 Å². The molecule has 0 amide bonds. The molecular formula is C4H8F3O4P. The zero-order valence-corrected chi connectivity index (χ0v) is 7.26. The van der Waals surface area contributed by atoms with Crippen molar-refractivity contribution in [3.05, 3.63) is 0 Å². The molecule has 0 saturated heterocycles. The van der Waals surface area contributed by atoms with E-state index in [1.807, 2.05) is 0 Å². The smallest absolute Gasteiger partial charge is 0.290 e. The monoisotopic (exact) mass is 208 g/mol. The fraction of sp³-hybridized carbons (Fsp3) is 1.00. The van der Waals surface area contributed by atoms with Gasteiger partial charge >= 0.3 is 7.82 Å². The summed E-state index contributed by atoms with van der Waals surface area (Å²) < 4.78 is 57.7. The summed E-state index contributed by atoms with van der Waals surface area (Å²) in [6.07, 6.45) is -6.36. The maximum absolute atomic E-state index is 12.1. The summed E-state index contributed by atoms with van der Waals surface area (Å²) in [5.41, 5.74) is 0. The average Bonchev–Trinajstić information content (AvgIpc) is 2.04. The molecule has 8 heteroatoms. The SMILES string of the molecule is COP(=O)(OC)OC(F)C(F)F. The number of hydrogen-bond acceptors (Lipinski definition) is 4. The summed E-state index contributed by atoms with van der Waals surface area (Å²) in [6.45, 7) is 0. The van der Waals surface area contributed by atoms with Crippen molar-refractivity contribution in [2.45, 2.75) is 12.8 Å². The van der Waals surface area contributed by atoms with Gasteiger partial charge in [-0.3, -0.25) is 9.05 Å². The van der Waals surface area contributed by atoms with Crippen molar-refractivity contribution in [1.29, 1.82) is 0 Å².